The Morgan fingerprint density at radius 3 is 2.48 bits per heavy atom. The summed E-state index contributed by atoms with van der Waals surface area (Å²) < 4.78 is 0. The van der Waals surface area contributed by atoms with Crippen molar-refractivity contribution in [2.45, 2.75) is 0 Å². The molecule has 0 saturated carbocycles. The van der Waals surface area contributed by atoms with Crippen molar-refractivity contribution in [2.75, 3.05) is 42.9 Å². The molecule has 0 unspecified atom stereocenters. The zero-order valence-corrected chi connectivity index (χ0v) is 13.9. The third kappa shape index (κ3) is 4.08. The summed E-state index contributed by atoms with van der Waals surface area (Å²) in [5, 5.41) is 21.8. The van der Waals surface area contributed by atoms with Crippen molar-refractivity contribution in [3.63, 3.8) is 0 Å². The van der Waals surface area contributed by atoms with Gasteiger partial charge in [0.2, 0.25) is 5.91 Å². The summed E-state index contributed by atoms with van der Waals surface area (Å²) in [6, 6.07) is 16.3. The Labute approximate surface area is 146 Å². The maximum atomic E-state index is 12.2. The van der Waals surface area contributed by atoms with Crippen LogP contribution in [-0.4, -0.2) is 48.6 Å². The van der Waals surface area contributed by atoms with E-state index in [0.29, 0.717) is 11.3 Å². The van der Waals surface area contributed by atoms with Crippen LogP contribution in [0.3, 0.4) is 0 Å². The van der Waals surface area contributed by atoms with Crippen LogP contribution in [0, 0.1) is 11.3 Å². The molecule has 2 N–H and O–H groups in total. The first kappa shape index (κ1) is 16.8. The number of nitrogens with zero attached hydrogens (tertiary/aromatic N) is 3. The minimum atomic E-state index is -0.126. The van der Waals surface area contributed by atoms with E-state index in [4.69, 9.17) is 5.26 Å². The second-order valence-electron chi connectivity index (χ2n) is 5.96. The summed E-state index contributed by atoms with van der Waals surface area (Å²) >= 11 is 0. The van der Waals surface area contributed by atoms with Crippen LogP contribution in [0.1, 0.15) is 5.56 Å². The van der Waals surface area contributed by atoms with Gasteiger partial charge in [0.25, 0.3) is 0 Å². The molecule has 6 heteroatoms. The predicted molar refractivity (Wildman–Crippen MR) is 96.5 cm³/mol. The number of hydrogen-bond acceptors (Lipinski definition) is 5. The van der Waals surface area contributed by atoms with E-state index in [1.807, 2.05) is 12.1 Å². The second-order valence-corrected chi connectivity index (χ2v) is 5.96. The van der Waals surface area contributed by atoms with E-state index in [0.717, 1.165) is 31.9 Å². The van der Waals surface area contributed by atoms with Gasteiger partial charge in [-0.1, -0.05) is 24.3 Å². The molecule has 2 aromatic rings. The smallest absolute Gasteiger partial charge is 0.238 e. The van der Waals surface area contributed by atoms with Gasteiger partial charge >= 0.3 is 0 Å². The van der Waals surface area contributed by atoms with Crippen LogP contribution in [0.15, 0.2) is 48.5 Å². The molecule has 2 aromatic carbocycles. The Kier molecular flexibility index (Phi) is 5.17. The molecule has 1 saturated heterocycles. The third-order valence-corrected chi connectivity index (χ3v) is 4.28. The molecule has 25 heavy (non-hydrogen) atoms. The van der Waals surface area contributed by atoms with Crippen LogP contribution >= 0.6 is 0 Å². The number of anilines is 2. The van der Waals surface area contributed by atoms with E-state index in [1.54, 1.807) is 36.4 Å². The maximum Gasteiger partial charge on any atom is 0.238 e. The van der Waals surface area contributed by atoms with Gasteiger partial charge in [-0.05, 0) is 24.3 Å². The van der Waals surface area contributed by atoms with Gasteiger partial charge in [0, 0.05) is 26.2 Å². The van der Waals surface area contributed by atoms with Crippen molar-refractivity contribution in [1.82, 2.24) is 4.90 Å². The highest BCUT2D eigenvalue weighted by atomic mass is 16.3. The van der Waals surface area contributed by atoms with Crippen molar-refractivity contribution in [2.24, 2.45) is 0 Å². The van der Waals surface area contributed by atoms with Crippen LogP contribution < -0.4 is 10.2 Å². The SMILES string of the molecule is N#Cc1ccccc1NC(=O)CN1CCN(c2ccccc2O)CC1. The number of rotatable bonds is 4. The lowest BCUT2D eigenvalue weighted by atomic mass is 10.2. The van der Waals surface area contributed by atoms with Gasteiger partial charge in [-0.2, -0.15) is 5.26 Å². The van der Waals surface area contributed by atoms with Gasteiger partial charge in [0.15, 0.2) is 0 Å². The molecule has 0 aliphatic carbocycles. The molecular formula is C19H20N4O2. The molecule has 6 nitrogen and oxygen atoms in total. The van der Waals surface area contributed by atoms with E-state index in [1.165, 1.54) is 0 Å². The molecular weight excluding hydrogens is 316 g/mol. The molecule has 1 aliphatic rings. The number of piperazine rings is 1. The lowest BCUT2D eigenvalue weighted by Gasteiger charge is -2.35. The Balaban J connectivity index is 1.53. The maximum absolute atomic E-state index is 12.2. The van der Waals surface area contributed by atoms with Crippen molar-refractivity contribution in [1.29, 1.82) is 5.26 Å². The molecule has 0 radical (unpaired) electrons. The number of nitriles is 1. The fourth-order valence-corrected chi connectivity index (χ4v) is 2.96. The fourth-order valence-electron chi connectivity index (χ4n) is 2.96. The molecule has 128 valence electrons. The standard InChI is InChI=1S/C19H20N4O2/c20-13-15-5-1-2-6-16(15)21-19(25)14-22-9-11-23(12-10-22)17-7-3-4-8-18(17)24/h1-8,24H,9-12,14H2,(H,21,25). The molecule has 3 rings (SSSR count). The lowest BCUT2D eigenvalue weighted by Crippen LogP contribution is -2.48. The molecule has 0 aromatic heterocycles. The normalized spacial score (nSPS) is 14.8. The Hall–Kier alpha value is -3.04. The van der Waals surface area contributed by atoms with Crippen molar-refractivity contribution in [3.8, 4) is 11.8 Å². The number of carbonyl (C=O) groups excluding carboxylic acids is 1. The number of carbonyl (C=O) groups is 1. The number of benzene rings is 2. The van der Waals surface area contributed by atoms with E-state index >= 15 is 0 Å². The quantitative estimate of drug-likeness (QED) is 0.893. The minimum Gasteiger partial charge on any atom is -0.506 e. The topological polar surface area (TPSA) is 79.6 Å². The summed E-state index contributed by atoms with van der Waals surface area (Å²) in [6.07, 6.45) is 0. The molecule has 1 amide bonds. The average Bonchev–Trinajstić information content (AvgIpc) is 2.63. The second kappa shape index (κ2) is 7.69. The van der Waals surface area contributed by atoms with Crippen molar-refractivity contribution in [3.05, 3.63) is 54.1 Å². The highest BCUT2D eigenvalue weighted by Gasteiger charge is 2.20. The van der Waals surface area contributed by atoms with Gasteiger partial charge in [0.1, 0.15) is 11.8 Å². The number of phenols is 1. The van der Waals surface area contributed by atoms with Crippen LogP contribution in [-0.2, 0) is 4.79 Å². The van der Waals surface area contributed by atoms with Gasteiger partial charge in [-0.25, -0.2) is 0 Å². The van der Waals surface area contributed by atoms with Gasteiger partial charge in [-0.3, -0.25) is 9.69 Å². The highest BCUT2D eigenvalue weighted by Crippen LogP contribution is 2.27. The summed E-state index contributed by atoms with van der Waals surface area (Å²) in [7, 11) is 0. The largest absolute Gasteiger partial charge is 0.506 e. The zero-order valence-electron chi connectivity index (χ0n) is 13.9. The van der Waals surface area contributed by atoms with Gasteiger partial charge in [0.05, 0.1) is 23.5 Å². The lowest BCUT2D eigenvalue weighted by molar-refractivity contribution is -0.117. The first-order valence-corrected chi connectivity index (χ1v) is 8.21. The Bertz CT molecular complexity index is 792. The molecule has 0 spiro atoms. The van der Waals surface area contributed by atoms with Crippen LogP contribution in [0.5, 0.6) is 5.75 Å². The third-order valence-electron chi connectivity index (χ3n) is 4.28. The van der Waals surface area contributed by atoms with E-state index in [2.05, 4.69) is 21.2 Å². The number of phenolic OH excluding ortho intramolecular Hbond substituents is 1. The fraction of sp³-hybridized carbons (Fsp3) is 0.263. The van der Waals surface area contributed by atoms with Crippen molar-refractivity contribution < 1.29 is 9.90 Å². The first-order chi connectivity index (χ1) is 12.2. The number of para-hydroxylation sites is 3. The van der Waals surface area contributed by atoms with Crippen molar-refractivity contribution >= 4 is 17.3 Å². The van der Waals surface area contributed by atoms with E-state index in [9.17, 15) is 9.90 Å². The summed E-state index contributed by atoms with van der Waals surface area (Å²) in [5.74, 6) is 0.153. The number of amides is 1. The summed E-state index contributed by atoms with van der Waals surface area (Å²) in [5.41, 5.74) is 1.83. The molecule has 1 fully saturated rings. The molecule has 1 heterocycles. The average molecular weight is 336 g/mol. The van der Waals surface area contributed by atoms with Crippen LogP contribution in [0.2, 0.25) is 0 Å². The van der Waals surface area contributed by atoms with E-state index in [-0.39, 0.29) is 18.2 Å². The zero-order chi connectivity index (χ0) is 17.6. The molecule has 1 aliphatic heterocycles. The van der Waals surface area contributed by atoms with Gasteiger partial charge in [-0.15, -0.1) is 0 Å². The van der Waals surface area contributed by atoms with Crippen LogP contribution in [0.4, 0.5) is 11.4 Å². The Morgan fingerprint density at radius 1 is 1.08 bits per heavy atom. The van der Waals surface area contributed by atoms with Gasteiger partial charge < -0.3 is 15.3 Å². The van der Waals surface area contributed by atoms with E-state index < -0.39 is 0 Å². The number of aromatic hydroxyl groups is 1. The minimum absolute atomic E-state index is 0.126. The number of hydrogen-bond donors (Lipinski definition) is 2. The predicted octanol–water partition coefficient (Wildman–Crippen LogP) is 2.02. The summed E-state index contributed by atoms with van der Waals surface area (Å²) in [6.45, 7) is 3.26. The monoisotopic (exact) mass is 336 g/mol. The highest BCUT2D eigenvalue weighted by molar-refractivity contribution is 5.93. The number of nitrogens with one attached hydrogen (secondary N) is 1. The molecule has 0 atom stereocenters. The Morgan fingerprint density at radius 2 is 1.76 bits per heavy atom. The summed E-state index contributed by atoms with van der Waals surface area (Å²) in [4.78, 5) is 16.4. The molecule has 0 bridgehead atoms. The van der Waals surface area contributed by atoms with Crippen LogP contribution in [0.25, 0.3) is 0 Å². The first-order valence-electron chi connectivity index (χ1n) is 8.21.